The summed E-state index contributed by atoms with van der Waals surface area (Å²) in [6.07, 6.45) is 1.26. The van der Waals surface area contributed by atoms with E-state index in [1.807, 2.05) is 31.2 Å². The number of nitrogens with one attached hydrogen (secondary N) is 11. The normalized spacial score (nSPS) is 25.5. The maximum atomic E-state index is 15.3. The number of nitrogens with zero attached hydrogens (tertiary/aromatic N) is 1. The minimum absolute atomic E-state index is 0.0100. The highest BCUT2D eigenvalue weighted by Gasteiger charge is 2.42. The van der Waals surface area contributed by atoms with Crippen molar-refractivity contribution in [2.45, 2.75) is 242 Å². The SMILES string of the molecule is CCC[C@@H]1NC(=O)[C@H](Cc2c[nH]c3ncccc23)NC(=O)[C@@H]([C@@H](C)O)CC(=O)C2CCCCNC(=O)CCC(NC1=O)C(=O)N[C@@H](Cc1ccc(C)cc1)C(=O)N[C@@H](C1CCCCC1)C(=O)N[C@@H]([C@@H](C)O)C(=O)N[C@@H](C(N)=O)CSCc1cccc(c1)CSCCC(=O)N[C@@H](C(C)(C)C)C(=O)C[C@@H](Cc1ccc(O)cc1)C(=O)N2. The van der Waals surface area contributed by atoms with E-state index in [1.165, 1.54) is 49.5 Å². The number of aromatic hydroxyl groups is 1. The fourth-order valence-corrected chi connectivity index (χ4v) is 16.3. The van der Waals surface area contributed by atoms with E-state index in [9.17, 15) is 48.9 Å². The molecule has 2 aromatic heterocycles. The van der Waals surface area contributed by atoms with Crippen molar-refractivity contribution in [2.75, 3.05) is 18.1 Å². The Balaban J connectivity index is 1.19. The summed E-state index contributed by atoms with van der Waals surface area (Å²) in [6.45, 7) is 11.5. The fraction of sp³-hybridized carbons (Fsp3) is 0.542. The molecule has 16 N–H and O–H groups in total. The third-order valence-electron chi connectivity index (χ3n) is 21.0. The number of aromatic amines is 1. The van der Waals surface area contributed by atoms with Crippen molar-refractivity contribution in [3.63, 3.8) is 0 Å². The van der Waals surface area contributed by atoms with Crippen molar-refractivity contribution in [3.05, 3.63) is 131 Å². The van der Waals surface area contributed by atoms with Crippen LogP contribution in [0.3, 0.4) is 0 Å². The van der Waals surface area contributed by atoms with Crippen LogP contribution in [0.4, 0.5) is 0 Å². The average molecular weight is 1610 g/mol. The van der Waals surface area contributed by atoms with Crippen molar-refractivity contribution in [1.29, 1.82) is 0 Å². The molecule has 3 aromatic carbocycles. The lowest BCUT2D eigenvalue weighted by Gasteiger charge is -2.33. The van der Waals surface area contributed by atoms with Crippen molar-refractivity contribution in [2.24, 2.45) is 28.9 Å². The number of aromatic nitrogens is 2. The molecule has 4 heterocycles. The molecule has 618 valence electrons. The number of aliphatic hydroxyl groups excluding tert-OH is 2. The van der Waals surface area contributed by atoms with E-state index >= 15 is 28.8 Å². The lowest BCUT2D eigenvalue weighted by Crippen LogP contribution is -2.63. The number of H-pyrrole nitrogens is 1. The smallest absolute Gasteiger partial charge is 0.245 e. The minimum Gasteiger partial charge on any atom is -0.508 e. The van der Waals surface area contributed by atoms with Crippen LogP contribution in [0.1, 0.15) is 171 Å². The zero-order chi connectivity index (χ0) is 82.8. The maximum Gasteiger partial charge on any atom is 0.245 e. The monoisotopic (exact) mass is 1610 g/mol. The summed E-state index contributed by atoms with van der Waals surface area (Å²) in [7, 11) is 0. The Kier molecular flexibility index (Phi) is 34.4. The molecule has 29 nitrogen and oxygen atoms in total. The third-order valence-corrected chi connectivity index (χ3v) is 23.2. The topological polar surface area (TPSA) is 458 Å². The number of aliphatic hydroxyl groups is 2. The number of Topliss-reactive ketones (excluding diaryl/α,β-unsaturated/α-hetero) is 2. The van der Waals surface area contributed by atoms with E-state index < -0.39 is 186 Å². The molecule has 2 aliphatic heterocycles. The van der Waals surface area contributed by atoms with Gasteiger partial charge in [0.1, 0.15) is 53.7 Å². The highest BCUT2D eigenvalue weighted by atomic mass is 32.2. The van der Waals surface area contributed by atoms with Crippen LogP contribution in [0.2, 0.25) is 0 Å². The molecule has 1 aliphatic carbocycles. The first kappa shape index (κ1) is 89.8. The molecule has 0 spiro atoms. The van der Waals surface area contributed by atoms with Crippen LogP contribution in [0.25, 0.3) is 11.0 Å². The van der Waals surface area contributed by atoms with Gasteiger partial charge in [0.15, 0.2) is 11.6 Å². The number of carbonyl (C=O) groups is 13. The number of hydrogen-bond donors (Lipinski definition) is 15. The van der Waals surface area contributed by atoms with Gasteiger partial charge in [-0.3, -0.25) is 62.3 Å². The van der Waals surface area contributed by atoms with Crippen molar-refractivity contribution in [1.82, 2.24) is 63.1 Å². The highest BCUT2D eigenvalue weighted by Crippen LogP contribution is 2.30. The second-order valence-corrected chi connectivity index (χ2v) is 33.6. The molecule has 11 amide bonds. The molecule has 4 bridgehead atoms. The number of thioether (sulfide) groups is 2. The molecule has 1 saturated heterocycles. The summed E-state index contributed by atoms with van der Waals surface area (Å²) in [5.74, 6) is -12.3. The Morgan fingerprint density at radius 2 is 1.22 bits per heavy atom. The number of amides is 11. The van der Waals surface area contributed by atoms with E-state index in [4.69, 9.17) is 5.73 Å². The van der Waals surface area contributed by atoms with Crippen molar-refractivity contribution in [3.8, 4) is 5.75 Å². The van der Waals surface area contributed by atoms with E-state index in [0.717, 1.165) is 23.1 Å². The second-order valence-electron chi connectivity index (χ2n) is 31.4. The molecule has 8 rings (SSSR count). The highest BCUT2D eigenvalue weighted by molar-refractivity contribution is 7.98. The van der Waals surface area contributed by atoms with Crippen LogP contribution in [0.5, 0.6) is 5.75 Å². The molecule has 1 saturated carbocycles. The number of fused-ring (bicyclic) bond motifs is 12. The van der Waals surface area contributed by atoms with Gasteiger partial charge in [-0.2, -0.15) is 23.5 Å². The van der Waals surface area contributed by atoms with E-state index in [-0.39, 0.29) is 82.3 Å². The summed E-state index contributed by atoms with van der Waals surface area (Å²) in [5.41, 5.74) is 9.71. The lowest BCUT2D eigenvalue weighted by atomic mass is 9.80. The second kappa shape index (κ2) is 43.7. The molecule has 5 aromatic rings. The Labute approximate surface area is 673 Å². The molecule has 3 aliphatic rings. The van der Waals surface area contributed by atoms with Crippen LogP contribution in [-0.2, 0) is 93.1 Å². The summed E-state index contributed by atoms with van der Waals surface area (Å²) in [5, 5.41) is 61.5. The van der Waals surface area contributed by atoms with E-state index in [2.05, 4.69) is 63.1 Å². The molecule has 0 radical (unpaired) electrons. The first-order chi connectivity index (χ1) is 54.3. The third kappa shape index (κ3) is 27.5. The van der Waals surface area contributed by atoms with Gasteiger partial charge in [-0.15, -0.1) is 0 Å². The fourth-order valence-electron chi connectivity index (χ4n) is 14.4. The molecule has 2 unspecified atom stereocenters. The number of benzene rings is 3. The zero-order valence-corrected chi connectivity index (χ0v) is 67.7. The zero-order valence-electron chi connectivity index (χ0n) is 66.1. The van der Waals surface area contributed by atoms with Crippen LogP contribution in [0.15, 0.2) is 97.3 Å². The molecular formula is C83H113N13O16S2. The average Bonchev–Trinajstić information content (AvgIpc) is 1.56. The molecule has 2 fully saturated rings. The van der Waals surface area contributed by atoms with Gasteiger partial charge in [0.05, 0.1) is 30.2 Å². The standard InChI is InChI=1S/C83H113N13O16S2/c1-8-16-61-77(107)90-62-31-32-68(102)85-34-13-12-22-60(66(100)42-59(48(3)97)76(106)91-64(79(109)89-61)40-56-43-87-74-58(56)21-15-35-86-74)88-75(105)55(38-50-27-29-57(99)30-28-50)41-67(101)72(83(5,6)7)94-69(103)33-36-113-44-52-17-14-18-53(37-52)45-114-46-65(73(84)104)93-81(111)70(49(4)98)95-82(112)71(54-19-10-9-11-20-54)96-80(110)63(92-78(62)108)39-51-25-23-47(2)24-26-51/h14-15,17-18,21,23-30,35,37,43,48-49,54-55,59-65,70-72,97-99H,8-13,16,19-20,22,31-34,36,38-42,44-46H2,1-7H3,(H2,84,104)(H,85,102)(H,86,87)(H,88,105)(H,89,109)(H,90,107)(H,91,106)(H,92,108)(H,93,111)(H,94,103)(H,95,112)(H,96,110)/t48-,49-,55-,59-,60?,61+,62?,63+,64+,65-,70+,71+,72-/m1/s1. The van der Waals surface area contributed by atoms with E-state index in [0.29, 0.717) is 70.7 Å². The number of hydrogen-bond acceptors (Lipinski definition) is 19. The van der Waals surface area contributed by atoms with Crippen LogP contribution in [-0.4, -0.2) is 186 Å². The summed E-state index contributed by atoms with van der Waals surface area (Å²) < 4.78 is 0. The molecular weight excluding hydrogens is 1500 g/mol. The number of ketones is 2. The molecule has 114 heavy (non-hydrogen) atoms. The number of nitrogens with two attached hydrogens (primary N) is 1. The Morgan fingerprint density at radius 3 is 1.89 bits per heavy atom. The Morgan fingerprint density at radius 1 is 0.588 bits per heavy atom. The van der Waals surface area contributed by atoms with Crippen LogP contribution < -0.4 is 58.9 Å². The Hall–Kier alpha value is -9.72. The number of rotatable bonds is 12. The van der Waals surface area contributed by atoms with Crippen molar-refractivity contribution >= 4 is 111 Å². The van der Waals surface area contributed by atoms with Gasteiger partial charge < -0.3 is 79.2 Å². The van der Waals surface area contributed by atoms with Gasteiger partial charge in [-0.05, 0) is 136 Å². The molecule has 13 atom stereocenters. The first-order valence-electron chi connectivity index (χ1n) is 39.5. The number of pyridine rings is 1. The lowest BCUT2D eigenvalue weighted by molar-refractivity contribution is -0.138. The predicted octanol–water partition coefficient (Wildman–Crippen LogP) is 4.44. The largest absolute Gasteiger partial charge is 0.508 e. The summed E-state index contributed by atoms with van der Waals surface area (Å²) in [4.78, 5) is 199. The van der Waals surface area contributed by atoms with Crippen LogP contribution >= 0.6 is 23.5 Å². The van der Waals surface area contributed by atoms with E-state index in [1.54, 1.807) is 88.6 Å². The quantitative estimate of drug-likeness (QED) is 0.0820. The first-order valence-corrected chi connectivity index (χ1v) is 41.8. The Bertz CT molecular complexity index is 4160. The number of carbonyl (C=O) groups excluding carboxylic acids is 13. The number of phenolic OH excluding ortho intramolecular Hbond substituents is 1. The number of primary amides is 1. The van der Waals surface area contributed by atoms with Crippen LogP contribution in [0, 0.1) is 30.1 Å². The molecule has 31 heteroatoms. The van der Waals surface area contributed by atoms with Gasteiger partial charge in [-0.25, -0.2) is 4.98 Å². The maximum absolute atomic E-state index is 15.3. The minimum atomic E-state index is -1.67. The summed E-state index contributed by atoms with van der Waals surface area (Å²) in [6, 6.07) is 11.3. The van der Waals surface area contributed by atoms with Gasteiger partial charge in [0.25, 0.3) is 0 Å². The number of phenols is 1. The van der Waals surface area contributed by atoms with Gasteiger partial charge in [0, 0.05) is 91.8 Å². The van der Waals surface area contributed by atoms with Gasteiger partial charge in [0.2, 0.25) is 65.0 Å². The van der Waals surface area contributed by atoms with Gasteiger partial charge in [-0.1, -0.05) is 120 Å². The number of aryl methyl sites for hydroxylation is 1. The van der Waals surface area contributed by atoms with Gasteiger partial charge >= 0.3 is 0 Å². The van der Waals surface area contributed by atoms with Crippen molar-refractivity contribution < 1.29 is 77.6 Å². The predicted molar refractivity (Wildman–Crippen MR) is 433 cm³/mol. The summed E-state index contributed by atoms with van der Waals surface area (Å²) >= 11 is 2.76.